The summed E-state index contributed by atoms with van der Waals surface area (Å²) in [5.74, 6) is 0.766. The van der Waals surface area contributed by atoms with E-state index in [0.717, 1.165) is 5.92 Å². The molecule has 0 saturated carbocycles. The zero-order chi connectivity index (χ0) is 10.8. The normalized spacial score (nSPS) is 8.86. The highest BCUT2D eigenvalue weighted by atomic mass is 14.8. The average Bonchev–Trinajstić information content (AvgIpc) is 2.19. The highest BCUT2D eigenvalue weighted by Crippen LogP contribution is 2.05. The zero-order valence-corrected chi connectivity index (χ0v) is 9.46. The van der Waals surface area contributed by atoms with E-state index in [-0.39, 0.29) is 0 Å². The van der Waals surface area contributed by atoms with Crippen LogP contribution in [0.2, 0.25) is 0 Å². The van der Waals surface area contributed by atoms with Gasteiger partial charge in [0.1, 0.15) is 0 Å². The van der Waals surface area contributed by atoms with Crippen molar-refractivity contribution in [3.8, 4) is 0 Å². The molecule has 1 aromatic rings. The first-order valence-electron chi connectivity index (χ1n) is 5.02. The monoisotopic (exact) mass is 191 g/mol. The van der Waals surface area contributed by atoms with E-state index >= 15 is 0 Å². The van der Waals surface area contributed by atoms with Gasteiger partial charge in [-0.3, -0.25) is 0 Å². The number of hydrogen-bond acceptors (Lipinski definition) is 1. The van der Waals surface area contributed by atoms with Gasteiger partial charge in [0.2, 0.25) is 0 Å². The van der Waals surface area contributed by atoms with Gasteiger partial charge in [-0.2, -0.15) is 0 Å². The van der Waals surface area contributed by atoms with Gasteiger partial charge in [-0.15, -0.1) is 0 Å². The van der Waals surface area contributed by atoms with E-state index < -0.39 is 0 Å². The molecule has 0 aliphatic carbocycles. The van der Waals surface area contributed by atoms with Crippen LogP contribution in [0.15, 0.2) is 43.1 Å². The van der Waals surface area contributed by atoms with Crippen molar-refractivity contribution in [3.63, 3.8) is 0 Å². The van der Waals surface area contributed by atoms with Crippen molar-refractivity contribution in [2.24, 2.45) is 5.92 Å². The van der Waals surface area contributed by atoms with Crippen LogP contribution in [0.1, 0.15) is 19.4 Å². The first-order valence-corrected chi connectivity index (χ1v) is 5.02. The van der Waals surface area contributed by atoms with E-state index in [4.69, 9.17) is 0 Å². The van der Waals surface area contributed by atoms with E-state index in [1.807, 2.05) is 7.05 Å². The third-order valence-electron chi connectivity index (χ3n) is 1.69. The van der Waals surface area contributed by atoms with Gasteiger partial charge >= 0.3 is 0 Å². The van der Waals surface area contributed by atoms with Crippen molar-refractivity contribution < 1.29 is 0 Å². The summed E-state index contributed by atoms with van der Waals surface area (Å²) in [7, 11) is 1.81. The molecule has 0 fully saturated rings. The molecule has 1 rings (SSSR count). The molecule has 14 heavy (non-hydrogen) atoms. The average molecular weight is 191 g/mol. The Bertz CT molecular complexity index is 226. The summed E-state index contributed by atoms with van der Waals surface area (Å²) in [4.78, 5) is 0. The summed E-state index contributed by atoms with van der Waals surface area (Å²) in [6.45, 7) is 7.85. The van der Waals surface area contributed by atoms with Gasteiger partial charge in [-0.1, -0.05) is 50.8 Å². The molecule has 0 spiro atoms. The lowest BCUT2D eigenvalue weighted by molar-refractivity contribution is 0.647. The van der Waals surface area contributed by atoms with Crippen molar-refractivity contribution >= 4 is 0 Å². The van der Waals surface area contributed by atoms with Crippen LogP contribution in [0.3, 0.4) is 0 Å². The molecule has 78 valence electrons. The Balaban J connectivity index is 0.000000364. The van der Waals surface area contributed by atoms with Gasteiger partial charge in [-0.25, -0.2) is 0 Å². The van der Waals surface area contributed by atoms with Gasteiger partial charge in [-0.05, 0) is 24.1 Å². The molecule has 1 nitrogen and oxygen atoms in total. The maximum atomic E-state index is 3.37. The first kappa shape index (κ1) is 12.8. The third-order valence-corrected chi connectivity index (χ3v) is 1.69. The molecule has 0 amide bonds. The summed E-state index contributed by atoms with van der Waals surface area (Å²) < 4.78 is 0. The molecule has 0 aliphatic heterocycles. The highest BCUT2D eigenvalue weighted by molar-refractivity contribution is 5.14. The zero-order valence-electron chi connectivity index (χ0n) is 9.46. The van der Waals surface area contributed by atoms with E-state index in [0.29, 0.717) is 0 Å². The minimum atomic E-state index is 0.766. The number of rotatable bonds is 3. The molecule has 0 unspecified atom stereocenters. The van der Waals surface area contributed by atoms with Crippen LogP contribution in [0.5, 0.6) is 0 Å². The molecule has 0 atom stereocenters. The quantitative estimate of drug-likeness (QED) is 0.773. The van der Waals surface area contributed by atoms with E-state index in [1.54, 1.807) is 6.20 Å². The van der Waals surface area contributed by atoms with Gasteiger partial charge in [0.25, 0.3) is 0 Å². The summed E-state index contributed by atoms with van der Waals surface area (Å²) in [6.07, 6.45) is 2.82. The fraction of sp³-hybridized carbons (Fsp3) is 0.385. The molecule has 0 radical (unpaired) electrons. The molecule has 0 heterocycles. The van der Waals surface area contributed by atoms with E-state index in [9.17, 15) is 0 Å². The lowest BCUT2D eigenvalue weighted by Crippen LogP contribution is -1.92. The molecule has 1 heteroatoms. The Kier molecular flexibility index (Phi) is 7.62. The minimum absolute atomic E-state index is 0.766. The van der Waals surface area contributed by atoms with Crippen LogP contribution in [0.25, 0.3) is 0 Å². The Morgan fingerprint density at radius 3 is 2.14 bits per heavy atom. The van der Waals surface area contributed by atoms with Crippen LogP contribution in [-0.4, -0.2) is 7.05 Å². The summed E-state index contributed by atoms with van der Waals surface area (Å²) in [6, 6.07) is 10.6. The topological polar surface area (TPSA) is 12.0 Å². The summed E-state index contributed by atoms with van der Waals surface area (Å²) in [5.41, 5.74) is 1.44. The summed E-state index contributed by atoms with van der Waals surface area (Å²) >= 11 is 0. The molecule has 0 bridgehead atoms. The lowest BCUT2D eigenvalue weighted by Gasteiger charge is -2.02. The maximum Gasteiger partial charge on any atom is 0.00275 e. The summed E-state index contributed by atoms with van der Waals surface area (Å²) in [5, 5.41) is 2.69. The fourth-order valence-electron chi connectivity index (χ4n) is 1.09. The highest BCUT2D eigenvalue weighted by Gasteiger charge is 1.94. The van der Waals surface area contributed by atoms with Crippen LogP contribution in [0.4, 0.5) is 0 Å². The largest absolute Gasteiger partial charge is 0.394 e. The number of nitrogens with one attached hydrogen (secondary N) is 1. The van der Waals surface area contributed by atoms with Gasteiger partial charge in [0.15, 0.2) is 0 Å². The standard InChI is InChI=1S/C10H14.C3H7N/c1-9(2)8-10-6-4-3-5-7-10;1-3-4-2/h3-7,9H,8H2,1-2H3;3-4H,1H2,2H3. The van der Waals surface area contributed by atoms with Crippen molar-refractivity contribution in [3.05, 3.63) is 48.7 Å². The molecular weight excluding hydrogens is 170 g/mol. The second kappa shape index (κ2) is 8.36. The third kappa shape index (κ3) is 7.41. The van der Waals surface area contributed by atoms with E-state index in [1.165, 1.54) is 12.0 Å². The second-order valence-corrected chi connectivity index (χ2v) is 3.58. The smallest absolute Gasteiger partial charge is 0.00275 e. The number of benzene rings is 1. The number of hydrogen-bond donors (Lipinski definition) is 1. The Morgan fingerprint density at radius 2 is 1.79 bits per heavy atom. The van der Waals surface area contributed by atoms with Gasteiger partial charge in [0.05, 0.1) is 0 Å². The first-order chi connectivity index (χ1) is 6.70. The minimum Gasteiger partial charge on any atom is -0.394 e. The molecule has 0 saturated heterocycles. The lowest BCUT2D eigenvalue weighted by atomic mass is 10.0. The van der Waals surface area contributed by atoms with E-state index in [2.05, 4.69) is 56.1 Å². The van der Waals surface area contributed by atoms with Crippen molar-refractivity contribution in [2.45, 2.75) is 20.3 Å². The van der Waals surface area contributed by atoms with Crippen molar-refractivity contribution in [1.29, 1.82) is 0 Å². The molecule has 1 N–H and O–H groups in total. The van der Waals surface area contributed by atoms with Crippen LogP contribution >= 0.6 is 0 Å². The molecular formula is C13H21N. The molecule has 0 aliphatic rings. The van der Waals surface area contributed by atoms with Crippen molar-refractivity contribution in [2.75, 3.05) is 7.05 Å². The fourth-order valence-corrected chi connectivity index (χ4v) is 1.09. The van der Waals surface area contributed by atoms with Gasteiger partial charge in [0, 0.05) is 7.05 Å². The molecule has 0 aromatic heterocycles. The van der Waals surface area contributed by atoms with Crippen LogP contribution < -0.4 is 5.32 Å². The molecule has 1 aromatic carbocycles. The SMILES string of the molecule is C=CNC.CC(C)Cc1ccccc1. The van der Waals surface area contributed by atoms with Crippen LogP contribution in [0, 0.1) is 5.92 Å². The Morgan fingerprint density at radius 1 is 1.29 bits per heavy atom. The van der Waals surface area contributed by atoms with Gasteiger partial charge < -0.3 is 5.32 Å². The predicted octanol–water partition coefficient (Wildman–Crippen LogP) is 3.23. The van der Waals surface area contributed by atoms with Crippen LogP contribution in [-0.2, 0) is 6.42 Å². The predicted molar refractivity (Wildman–Crippen MR) is 64.2 cm³/mol. The Hall–Kier alpha value is -1.24. The second-order valence-electron chi connectivity index (χ2n) is 3.58. The van der Waals surface area contributed by atoms with Crippen molar-refractivity contribution in [1.82, 2.24) is 5.32 Å². The maximum absolute atomic E-state index is 3.37. The Labute approximate surface area is 87.9 Å².